The molecule has 0 fully saturated rings. The number of fused-ring (bicyclic) bond motifs is 1. The molecule has 2 atom stereocenters. The highest BCUT2D eigenvalue weighted by atomic mass is 35.5. The third-order valence-electron chi connectivity index (χ3n) is 8.35. The molecule has 1 heterocycles. The van der Waals surface area contributed by atoms with E-state index >= 15 is 0 Å². The molecule has 14 heteroatoms. The van der Waals surface area contributed by atoms with E-state index in [2.05, 4.69) is 15.6 Å². The van der Waals surface area contributed by atoms with Crippen molar-refractivity contribution in [3.05, 3.63) is 111 Å². The van der Waals surface area contributed by atoms with Crippen molar-refractivity contribution in [3.63, 3.8) is 0 Å². The molecule has 0 saturated heterocycles. The molecule has 0 radical (unpaired) electrons. The number of aliphatic carboxylic acids is 1. The van der Waals surface area contributed by atoms with Crippen LogP contribution in [0.5, 0.6) is 0 Å². The van der Waals surface area contributed by atoms with Crippen molar-refractivity contribution < 1.29 is 33.5 Å². The molecule has 3 amide bonds. The molecule has 50 heavy (non-hydrogen) atoms. The fourth-order valence-corrected chi connectivity index (χ4v) is 6.54. The maximum absolute atomic E-state index is 14.3. The first-order valence-corrected chi connectivity index (χ1v) is 16.8. The van der Waals surface area contributed by atoms with Crippen LogP contribution >= 0.6 is 34.8 Å². The summed E-state index contributed by atoms with van der Waals surface area (Å²) in [4.78, 5) is 71.8. The molecular weight excluding hydrogens is 707 g/mol. The first-order valence-electron chi connectivity index (χ1n) is 15.7. The SMILES string of the molecule is CC(C)C(NC(=O)c1ccc(Cl)cc1)C(=O)N(CC(=O)NC(CC(=O)O)C(=O)c1ncc(-c2c(Cl)cccc2Cl)o1)C1Cc2ccccc2C1. The summed E-state index contributed by atoms with van der Waals surface area (Å²) in [7, 11) is 0. The van der Waals surface area contributed by atoms with E-state index in [9.17, 15) is 29.1 Å². The summed E-state index contributed by atoms with van der Waals surface area (Å²) in [5.41, 5.74) is 2.61. The predicted molar refractivity (Wildman–Crippen MR) is 187 cm³/mol. The van der Waals surface area contributed by atoms with E-state index in [4.69, 9.17) is 39.2 Å². The molecule has 260 valence electrons. The second kappa shape index (κ2) is 15.9. The Hall–Kier alpha value is -4.71. The van der Waals surface area contributed by atoms with Gasteiger partial charge in [-0.3, -0.25) is 24.0 Å². The van der Waals surface area contributed by atoms with Crippen molar-refractivity contribution >= 4 is 64.3 Å². The van der Waals surface area contributed by atoms with Crippen LogP contribution in [-0.2, 0) is 27.2 Å². The van der Waals surface area contributed by atoms with Crippen molar-refractivity contribution in [2.45, 2.75) is 51.2 Å². The average Bonchev–Trinajstić information content (AvgIpc) is 3.73. The number of Topliss-reactive ketones (excluding diaryl/α,β-unsaturated/α-hetero) is 1. The van der Waals surface area contributed by atoms with Gasteiger partial charge in [-0.05, 0) is 66.3 Å². The van der Waals surface area contributed by atoms with E-state index in [-0.39, 0.29) is 27.3 Å². The summed E-state index contributed by atoms with van der Waals surface area (Å²) in [5, 5.41) is 15.8. The molecule has 1 aliphatic rings. The topological polar surface area (TPSA) is 159 Å². The van der Waals surface area contributed by atoms with E-state index < -0.39 is 66.5 Å². The number of nitrogens with one attached hydrogen (secondary N) is 2. The summed E-state index contributed by atoms with van der Waals surface area (Å²) in [6.07, 6.45) is 1.34. The number of nitrogens with zero attached hydrogens (tertiary/aromatic N) is 2. The Bertz CT molecular complexity index is 1880. The molecule has 1 aromatic heterocycles. The van der Waals surface area contributed by atoms with Gasteiger partial charge >= 0.3 is 5.97 Å². The Labute approximate surface area is 302 Å². The number of carbonyl (C=O) groups excluding carboxylic acids is 4. The van der Waals surface area contributed by atoms with Gasteiger partial charge in [0, 0.05) is 16.6 Å². The highest BCUT2D eigenvalue weighted by molar-refractivity contribution is 6.39. The highest BCUT2D eigenvalue weighted by Gasteiger charge is 2.38. The number of oxazole rings is 1. The smallest absolute Gasteiger partial charge is 0.305 e. The molecule has 4 aromatic rings. The average molecular weight is 740 g/mol. The molecule has 3 N–H and O–H groups in total. The lowest BCUT2D eigenvalue weighted by molar-refractivity contribution is -0.141. The van der Waals surface area contributed by atoms with Crippen molar-refractivity contribution in [1.29, 1.82) is 0 Å². The van der Waals surface area contributed by atoms with Gasteiger partial charge in [0.2, 0.25) is 17.6 Å². The predicted octanol–water partition coefficient (Wildman–Crippen LogP) is 5.89. The molecule has 0 saturated carbocycles. The zero-order chi connectivity index (χ0) is 36.1. The number of aromatic nitrogens is 1. The van der Waals surface area contributed by atoms with E-state index in [1.54, 1.807) is 44.2 Å². The van der Waals surface area contributed by atoms with E-state index in [1.165, 1.54) is 23.2 Å². The number of carboxylic acids is 1. The summed E-state index contributed by atoms with van der Waals surface area (Å²) in [5.74, 6) is -4.84. The largest absolute Gasteiger partial charge is 0.481 e. The van der Waals surface area contributed by atoms with E-state index in [0.717, 1.165) is 11.1 Å². The minimum Gasteiger partial charge on any atom is -0.481 e. The second-order valence-electron chi connectivity index (χ2n) is 12.2. The summed E-state index contributed by atoms with van der Waals surface area (Å²) in [6.45, 7) is 3.02. The fourth-order valence-electron chi connectivity index (χ4n) is 5.83. The molecule has 11 nitrogen and oxygen atoms in total. The van der Waals surface area contributed by atoms with E-state index in [0.29, 0.717) is 23.4 Å². The number of hydrogen-bond acceptors (Lipinski definition) is 7. The molecular formula is C36H33Cl3N4O7. The van der Waals surface area contributed by atoms with Crippen LogP contribution < -0.4 is 10.6 Å². The number of carboxylic acid groups (broad SMARTS) is 1. The first kappa shape index (κ1) is 36.6. The first-order chi connectivity index (χ1) is 23.8. The third kappa shape index (κ3) is 8.53. The molecule has 5 rings (SSSR count). The van der Waals surface area contributed by atoms with Gasteiger partial charge in [-0.1, -0.05) is 79.0 Å². The molecule has 1 aliphatic carbocycles. The van der Waals surface area contributed by atoms with Crippen LogP contribution in [0, 0.1) is 5.92 Å². The van der Waals surface area contributed by atoms with Gasteiger partial charge in [0.25, 0.3) is 11.8 Å². The number of rotatable bonds is 13. The number of ketones is 1. The summed E-state index contributed by atoms with van der Waals surface area (Å²) < 4.78 is 5.63. The quantitative estimate of drug-likeness (QED) is 0.143. The van der Waals surface area contributed by atoms with Gasteiger partial charge in [0.05, 0.1) is 34.8 Å². The van der Waals surface area contributed by atoms with E-state index in [1.807, 2.05) is 24.3 Å². The third-order valence-corrected chi connectivity index (χ3v) is 9.23. The van der Waals surface area contributed by atoms with Crippen molar-refractivity contribution in [2.24, 2.45) is 5.92 Å². The standard InChI is InChI=1S/C36H33Cl3N4O7/c1-19(2)32(42-34(48)20-10-12-23(37)13-11-20)36(49)43(24-14-21-6-3-4-7-22(21)15-24)18-29(44)41-27(16-30(45)46)33(47)35-40-17-28(50-35)31-25(38)8-5-9-26(31)39/h3-13,17,19,24,27,32H,14-16,18H2,1-2H3,(H,41,44)(H,42,48)(H,45,46). The summed E-state index contributed by atoms with van der Waals surface area (Å²) >= 11 is 18.5. The van der Waals surface area contributed by atoms with Gasteiger partial charge in [-0.25, -0.2) is 4.98 Å². The molecule has 2 unspecified atom stereocenters. The van der Waals surface area contributed by atoms with Gasteiger partial charge in [0.1, 0.15) is 12.1 Å². The summed E-state index contributed by atoms with van der Waals surface area (Å²) in [6, 6.07) is 15.6. The maximum Gasteiger partial charge on any atom is 0.305 e. The Morgan fingerprint density at radius 1 is 0.900 bits per heavy atom. The van der Waals surface area contributed by atoms with Crippen LogP contribution in [0.2, 0.25) is 15.1 Å². The van der Waals surface area contributed by atoms with Gasteiger partial charge in [-0.2, -0.15) is 0 Å². The minimum absolute atomic E-state index is 0.0716. The van der Waals surface area contributed by atoms with Crippen LogP contribution in [0.15, 0.2) is 77.3 Å². The molecule has 0 bridgehead atoms. The monoisotopic (exact) mass is 738 g/mol. The van der Waals surface area contributed by atoms with Crippen LogP contribution in [0.1, 0.15) is 52.4 Å². The number of hydrogen-bond donors (Lipinski definition) is 3. The zero-order valence-corrected chi connectivity index (χ0v) is 29.3. The van der Waals surface area contributed by atoms with Gasteiger partial charge < -0.3 is 25.1 Å². The van der Waals surface area contributed by atoms with Crippen LogP contribution in [0.4, 0.5) is 0 Å². The number of carbonyl (C=O) groups is 5. The van der Waals surface area contributed by atoms with Crippen LogP contribution in [-0.4, -0.2) is 69.1 Å². The van der Waals surface area contributed by atoms with Gasteiger partial charge in [0.15, 0.2) is 5.76 Å². The van der Waals surface area contributed by atoms with Crippen molar-refractivity contribution in [2.75, 3.05) is 6.54 Å². The zero-order valence-electron chi connectivity index (χ0n) is 27.0. The number of amides is 3. The lowest BCUT2D eigenvalue weighted by Crippen LogP contribution is -2.57. The Balaban J connectivity index is 1.38. The van der Waals surface area contributed by atoms with Crippen molar-refractivity contribution in [3.8, 4) is 11.3 Å². The maximum atomic E-state index is 14.3. The normalized spacial score (nSPS) is 13.7. The lowest BCUT2D eigenvalue weighted by Gasteiger charge is -2.34. The number of benzene rings is 3. The Morgan fingerprint density at radius 2 is 1.52 bits per heavy atom. The number of halogens is 3. The Kier molecular flexibility index (Phi) is 11.6. The fraction of sp³-hybridized carbons (Fsp3) is 0.278. The molecule has 0 spiro atoms. The lowest BCUT2D eigenvalue weighted by atomic mass is 10.00. The van der Waals surface area contributed by atoms with Crippen molar-refractivity contribution in [1.82, 2.24) is 20.5 Å². The highest BCUT2D eigenvalue weighted by Crippen LogP contribution is 2.35. The second-order valence-corrected chi connectivity index (χ2v) is 13.5. The molecule has 0 aliphatic heterocycles. The van der Waals surface area contributed by atoms with Crippen LogP contribution in [0.3, 0.4) is 0 Å². The van der Waals surface area contributed by atoms with Crippen LogP contribution in [0.25, 0.3) is 11.3 Å². The minimum atomic E-state index is -1.59. The molecule has 3 aromatic carbocycles. The Morgan fingerprint density at radius 3 is 2.10 bits per heavy atom. The van der Waals surface area contributed by atoms with Gasteiger partial charge in [-0.15, -0.1) is 0 Å².